The molecule has 0 aromatic heterocycles. The van der Waals surface area contributed by atoms with Crippen molar-refractivity contribution in [2.75, 3.05) is 54.1 Å². The summed E-state index contributed by atoms with van der Waals surface area (Å²) in [5, 5.41) is 5.05. The minimum atomic E-state index is -0.292. The van der Waals surface area contributed by atoms with E-state index in [1.165, 1.54) is 12.8 Å². The standard InChI is InChI=1S/C14H28N2O2.C10H18O2S.C4H10N2O.C3H8/c1-12(2)13(11-17)16(5)14(18)9-7-6-8-10-15(3)4;1-9(2)4-3-7-13-10(8-12)5-6-11;1-5-3-4(7)6-2;1-3-2/h11-13H,6-10H2,1-5H3;6,8-10H,3-5,7H2,1-2H3;5H,3H2,1-2H3,(H,6,7);3H2,1-2H3. The van der Waals surface area contributed by atoms with Gasteiger partial charge < -0.3 is 34.8 Å². The van der Waals surface area contributed by atoms with E-state index < -0.39 is 0 Å². The maximum atomic E-state index is 11.9. The molecule has 10 heteroatoms. The zero-order valence-electron chi connectivity index (χ0n) is 28.2. The number of likely N-dealkylation sites (N-methyl/N-ethyl adjacent to an activating group) is 3. The molecule has 0 spiro atoms. The molecule has 2 unspecified atom stereocenters. The van der Waals surface area contributed by atoms with Crippen LogP contribution in [0.4, 0.5) is 0 Å². The average molecular weight is 605 g/mol. The topological polar surface area (TPSA) is 116 Å². The molecule has 41 heavy (non-hydrogen) atoms. The predicted molar refractivity (Wildman–Crippen MR) is 176 cm³/mol. The summed E-state index contributed by atoms with van der Waals surface area (Å²) >= 11 is 1.59. The first-order valence-corrected chi connectivity index (χ1v) is 16.1. The SMILES string of the molecule is CC(C)C(C=O)N(C)C(=O)CCCCCN(C)C.CC(C)CCCSC(C=O)CC=O.CCC.CNCC(=O)NC. The third-order valence-corrected chi connectivity index (χ3v) is 6.77. The first-order chi connectivity index (χ1) is 19.3. The van der Waals surface area contributed by atoms with Gasteiger partial charge in [-0.05, 0) is 64.5 Å². The van der Waals surface area contributed by atoms with Gasteiger partial charge in [0.15, 0.2) is 0 Å². The number of rotatable bonds is 19. The molecule has 0 aromatic rings. The van der Waals surface area contributed by atoms with Gasteiger partial charge in [0.25, 0.3) is 0 Å². The summed E-state index contributed by atoms with van der Waals surface area (Å²) in [5.41, 5.74) is 0. The van der Waals surface area contributed by atoms with Crippen molar-refractivity contribution in [3.05, 3.63) is 0 Å². The van der Waals surface area contributed by atoms with Crippen LogP contribution >= 0.6 is 11.8 Å². The van der Waals surface area contributed by atoms with Crippen molar-refractivity contribution < 1.29 is 24.0 Å². The molecule has 0 aromatic carbocycles. The fraction of sp³-hybridized carbons (Fsp3) is 0.839. The van der Waals surface area contributed by atoms with E-state index in [9.17, 15) is 24.0 Å². The first-order valence-electron chi connectivity index (χ1n) is 15.0. The van der Waals surface area contributed by atoms with Gasteiger partial charge in [-0.2, -0.15) is 11.8 Å². The molecule has 2 amide bonds. The number of nitrogens with one attached hydrogen (secondary N) is 2. The number of hydrogen-bond donors (Lipinski definition) is 2. The van der Waals surface area contributed by atoms with Crippen molar-refractivity contribution in [2.24, 2.45) is 11.8 Å². The number of carbonyl (C=O) groups is 5. The second-order valence-electron chi connectivity index (χ2n) is 10.9. The Morgan fingerprint density at radius 3 is 1.83 bits per heavy atom. The minimum absolute atomic E-state index is 0.0162. The quantitative estimate of drug-likeness (QED) is 0.164. The number of hydrogen-bond acceptors (Lipinski definition) is 8. The molecule has 2 N–H and O–H groups in total. The molecule has 0 fully saturated rings. The van der Waals surface area contributed by atoms with Crippen LogP contribution in [0, 0.1) is 11.8 Å². The van der Waals surface area contributed by atoms with Crippen LogP contribution in [0.2, 0.25) is 0 Å². The maximum absolute atomic E-state index is 11.9. The highest BCUT2D eigenvalue weighted by Gasteiger charge is 2.21. The first kappa shape index (κ1) is 46.2. The number of carbonyl (C=O) groups excluding carboxylic acids is 5. The van der Waals surface area contributed by atoms with E-state index >= 15 is 0 Å². The van der Waals surface area contributed by atoms with Crippen molar-refractivity contribution >= 4 is 42.4 Å². The molecule has 2 atom stereocenters. The van der Waals surface area contributed by atoms with E-state index in [0.717, 1.165) is 62.8 Å². The van der Waals surface area contributed by atoms with Gasteiger partial charge in [0.2, 0.25) is 11.8 Å². The molecular formula is C31H64N4O5S. The Hall–Kier alpha value is -1.78. The predicted octanol–water partition coefficient (Wildman–Crippen LogP) is 4.47. The lowest BCUT2D eigenvalue weighted by atomic mass is 10.0. The number of nitrogens with zero attached hydrogens (tertiary/aromatic N) is 2. The van der Waals surface area contributed by atoms with Crippen LogP contribution in [0.1, 0.15) is 92.9 Å². The molecule has 0 aliphatic heterocycles. The van der Waals surface area contributed by atoms with Crippen molar-refractivity contribution in [1.82, 2.24) is 20.4 Å². The second kappa shape index (κ2) is 34.4. The summed E-state index contributed by atoms with van der Waals surface area (Å²) in [6.07, 6.45) is 10.1. The zero-order valence-corrected chi connectivity index (χ0v) is 29.0. The highest BCUT2D eigenvalue weighted by molar-refractivity contribution is 8.00. The van der Waals surface area contributed by atoms with Gasteiger partial charge in [0.1, 0.15) is 18.9 Å². The number of thioether (sulfide) groups is 1. The Balaban J connectivity index is -0.000000258. The normalized spacial score (nSPS) is 11.6. The van der Waals surface area contributed by atoms with E-state index in [-0.39, 0.29) is 29.0 Å². The molecule has 0 rings (SSSR count). The van der Waals surface area contributed by atoms with Gasteiger partial charge in [-0.3, -0.25) is 9.59 Å². The maximum Gasteiger partial charge on any atom is 0.233 e. The Bertz CT molecular complexity index is 634. The third-order valence-electron chi connectivity index (χ3n) is 5.51. The van der Waals surface area contributed by atoms with Crippen molar-refractivity contribution in [3.8, 4) is 0 Å². The van der Waals surface area contributed by atoms with E-state index in [0.29, 0.717) is 19.4 Å². The third kappa shape index (κ3) is 36.2. The van der Waals surface area contributed by atoms with Crippen molar-refractivity contribution in [2.45, 2.75) is 104 Å². The average Bonchev–Trinajstić information content (AvgIpc) is 2.91. The molecule has 0 saturated carbocycles. The Morgan fingerprint density at radius 2 is 1.46 bits per heavy atom. The van der Waals surface area contributed by atoms with E-state index in [2.05, 4.69) is 57.3 Å². The highest BCUT2D eigenvalue weighted by atomic mass is 32.2. The van der Waals surface area contributed by atoms with Crippen molar-refractivity contribution in [3.63, 3.8) is 0 Å². The number of unbranched alkanes of at least 4 members (excludes halogenated alkanes) is 2. The van der Waals surface area contributed by atoms with Gasteiger partial charge >= 0.3 is 0 Å². The summed E-state index contributed by atoms with van der Waals surface area (Å²) in [7, 11) is 9.17. The van der Waals surface area contributed by atoms with E-state index in [1.54, 1.807) is 37.8 Å². The van der Waals surface area contributed by atoms with Crippen LogP contribution < -0.4 is 10.6 Å². The Morgan fingerprint density at radius 1 is 0.878 bits per heavy atom. The number of aldehydes is 3. The monoisotopic (exact) mass is 604 g/mol. The molecule has 0 radical (unpaired) electrons. The fourth-order valence-corrected chi connectivity index (χ4v) is 4.08. The van der Waals surface area contributed by atoms with Crippen LogP contribution in [-0.2, 0) is 24.0 Å². The second-order valence-corrected chi connectivity index (χ2v) is 12.2. The van der Waals surface area contributed by atoms with Crippen molar-refractivity contribution in [1.29, 1.82) is 0 Å². The van der Waals surface area contributed by atoms with Crippen LogP contribution in [0.15, 0.2) is 0 Å². The Labute approximate surface area is 256 Å². The van der Waals surface area contributed by atoms with E-state index in [4.69, 9.17) is 0 Å². The largest absolute Gasteiger partial charge is 0.358 e. The lowest BCUT2D eigenvalue weighted by Gasteiger charge is -2.26. The Kier molecular flexibility index (Phi) is 38.8. The van der Waals surface area contributed by atoms with Gasteiger partial charge in [-0.1, -0.05) is 60.8 Å². The molecule has 0 saturated heterocycles. The zero-order chi connectivity index (χ0) is 32.6. The summed E-state index contributed by atoms with van der Waals surface area (Å²) in [6, 6.07) is -0.292. The van der Waals surface area contributed by atoms with Gasteiger partial charge in [0.05, 0.1) is 17.8 Å². The highest BCUT2D eigenvalue weighted by Crippen LogP contribution is 2.15. The molecule has 0 heterocycles. The molecule has 0 aliphatic rings. The summed E-state index contributed by atoms with van der Waals surface area (Å²) in [4.78, 5) is 57.4. The molecule has 0 bridgehead atoms. The molecule has 244 valence electrons. The summed E-state index contributed by atoms with van der Waals surface area (Å²) in [6.45, 7) is 14.0. The minimum Gasteiger partial charge on any atom is -0.358 e. The lowest BCUT2D eigenvalue weighted by molar-refractivity contribution is -0.136. The summed E-state index contributed by atoms with van der Waals surface area (Å²) in [5.74, 6) is 1.97. The van der Waals surface area contributed by atoms with Crippen LogP contribution in [0.3, 0.4) is 0 Å². The van der Waals surface area contributed by atoms with Gasteiger partial charge in [-0.25, -0.2) is 0 Å². The molecule has 0 aliphatic carbocycles. The summed E-state index contributed by atoms with van der Waals surface area (Å²) < 4.78 is 0. The smallest absolute Gasteiger partial charge is 0.233 e. The fourth-order valence-electron chi connectivity index (χ4n) is 3.15. The van der Waals surface area contributed by atoms with Crippen LogP contribution in [-0.4, -0.2) is 106 Å². The van der Waals surface area contributed by atoms with Gasteiger partial charge in [-0.15, -0.1) is 0 Å². The van der Waals surface area contributed by atoms with E-state index in [1.807, 2.05) is 13.8 Å². The lowest BCUT2D eigenvalue weighted by Crippen LogP contribution is -2.41. The van der Waals surface area contributed by atoms with Gasteiger partial charge in [0, 0.05) is 26.9 Å². The molecule has 9 nitrogen and oxygen atoms in total. The van der Waals surface area contributed by atoms with Crippen LogP contribution in [0.5, 0.6) is 0 Å². The number of amides is 2. The van der Waals surface area contributed by atoms with Crippen LogP contribution in [0.25, 0.3) is 0 Å². The molecular weight excluding hydrogens is 540 g/mol.